The molecular formula is C26H30ClFN4O4S. The molecule has 0 unspecified atom stereocenters. The van der Waals surface area contributed by atoms with Crippen molar-refractivity contribution in [2.45, 2.75) is 43.7 Å². The summed E-state index contributed by atoms with van der Waals surface area (Å²) < 4.78 is 20.7. The number of nitrogens with one attached hydrogen (secondary N) is 2. The lowest BCUT2D eigenvalue weighted by Crippen LogP contribution is -2.56. The van der Waals surface area contributed by atoms with E-state index in [4.69, 9.17) is 16.3 Å². The lowest BCUT2D eigenvalue weighted by atomic mass is 9.77. The normalized spacial score (nSPS) is 19.9. The largest absolute Gasteiger partial charge is 0.370 e. The van der Waals surface area contributed by atoms with E-state index in [2.05, 4.69) is 15.5 Å². The maximum absolute atomic E-state index is 15.1. The van der Waals surface area contributed by atoms with E-state index >= 15 is 4.39 Å². The molecule has 3 amide bonds. The highest BCUT2D eigenvalue weighted by molar-refractivity contribution is 7.18. The Morgan fingerprint density at radius 1 is 1.30 bits per heavy atom. The number of anilines is 2. The van der Waals surface area contributed by atoms with Crippen molar-refractivity contribution < 1.29 is 23.5 Å². The second-order valence-electron chi connectivity index (χ2n) is 9.92. The number of hydrogen-bond acceptors (Lipinski definition) is 6. The van der Waals surface area contributed by atoms with Crippen LogP contribution in [0.5, 0.6) is 0 Å². The number of morpholine rings is 1. The van der Waals surface area contributed by atoms with Crippen LogP contribution in [0.15, 0.2) is 30.3 Å². The zero-order valence-corrected chi connectivity index (χ0v) is 22.2. The Morgan fingerprint density at radius 2 is 2.08 bits per heavy atom. The highest BCUT2D eigenvalue weighted by atomic mass is 35.5. The number of amides is 3. The van der Waals surface area contributed by atoms with E-state index in [0.29, 0.717) is 34.0 Å². The zero-order chi connectivity index (χ0) is 26.2. The van der Waals surface area contributed by atoms with Gasteiger partial charge < -0.3 is 20.3 Å². The summed E-state index contributed by atoms with van der Waals surface area (Å²) in [5.74, 6) is -1.04. The number of rotatable bonds is 9. The highest BCUT2D eigenvalue weighted by Crippen LogP contribution is 2.55. The first-order valence-electron chi connectivity index (χ1n) is 12.5. The summed E-state index contributed by atoms with van der Waals surface area (Å²) >= 11 is 7.14. The van der Waals surface area contributed by atoms with E-state index in [9.17, 15) is 14.4 Å². The van der Waals surface area contributed by atoms with Gasteiger partial charge in [0.15, 0.2) is 0 Å². The molecule has 8 nitrogen and oxygen atoms in total. The quantitative estimate of drug-likeness (QED) is 0.496. The first kappa shape index (κ1) is 26.1. The van der Waals surface area contributed by atoms with Crippen LogP contribution in [0.2, 0.25) is 4.34 Å². The molecule has 1 aliphatic heterocycles. The second-order valence-corrected chi connectivity index (χ2v) is 11.6. The Bertz CT molecular complexity index is 1200. The monoisotopic (exact) mass is 548 g/mol. The molecule has 2 aromatic rings. The van der Waals surface area contributed by atoms with Crippen LogP contribution in [0.4, 0.5) is 15.8 Å². The lowest BCUT2D eigenvalue weighted by molar-refractivity contribution is -0.125. The minimum absolute atomic E-state index is 0.0257. The van der Waals surface area contributed by atoms with Gasteiger partial charge in [-0.3, -0.25) is 19.3 Å². The van der Waals surface area contributed by atoms with Crippen LogP contribution < -0.4 is 15.5 Å². The Labute approximate surface area is 224 Å². The van der Waals surface area contributed by atoms with Gasteiger partial charge in [-0.1, -0.05) is 18.0 Å². The average molecular weight is 549 g/mol. The number of nitrogens with zero attached hydrogens (tertiary/aromatic N) is 2. The van der Waals surface area contributed by atoms with Crippen molar-refractivity contribution in [3.05, 3.63) is 45.4 Å². The van der Waals surface area contributed by atoms with Crippen molar-refractivity contribution in [2.75, 3.05) is 43.6 Å². The summed E-state index contributed by atoms with van der Waals surface area (Å²) in [6, 6.07) is 6.93. The molecule has 2 N–H and O–H groups in total. The van der Waals surface area contributed by atoms with Gasteiger partial charge in [-0.2, -0.15) is 0 Å². The molecule has 0 bridgehead atoms. The van der Waals surface area contributed by atoms with E-state index in [1.165, 1.54) is 34.8 Å². The van der Waals surface area contributed by atoms with Gasteiger partial charge >= 0.3 is 0 Å². The van der Waals surface area contributed by atoms with Gasteiger partial charge in [-0.25, -0.2) is 4.39 Å². The number of benzene rings is 1. The van der Waals surface area contributed by atoms with Gasteiger partial charge in [-0.15, -0.1) is 11.3 Å². The molecule has 1 saturated heterocycles. The van der Waals surface area contributed by atoms with Crippen molar-refractivity contribution in [1.29, 1.82) is 0 Å². The van der Waals surface area contributed by atoms with Crippen LogP contribution >= 0.6 is 22.9 Å². The van der Waals surface area contributed by atoms with Crippen molar-refractivity contribution in [3.8, 4) is 0 Å². The number of thiophene rings is 1. The van der Waals surface area contributed by atoms with Gasteiger partial charge in [0, 0.05) is 24.3 Å². The Hall–Kier alpha value is -2.53. The molecule has 198 valence electrons. The van der Waals surface area contributed by atoms with Crippen LogP contribution in [0.1, 0.15) is 41.8 Å². The van der Waals surface area contributed by atoms with Gasteiger partial charge in [-0.05, 0) is 69.0 Å². The fourth-order valence-corrected chi connectivity index (χ4v) is 6.29. The van der Waals surface area contributed by atoms with Crippen LogP contribution in [0.3, 0.4) is 0 Å². The first-order chi connectivity index (χ1) is 17.8. The van der Waals surface area contributed by atoms with E-state index in [1.807, 2.05) is 7.05 Å². The molecule has 1 aromatic carbocycles. The summed E-state index contributed by atoms with van der Waals surface area (Å²) in [6.45, 7) is 0.759. The molecule has 0 radical (unpaired) electrons. The molecular weight excluding hydrogens is 519 g/mol. The van der Waals surface area contributed by atoms with E-state index in [1.54, 1.807) is 18.2 Å². The van der Waals surface area contributed by atoms with Gasteiger partial charge in [0.05, 0.1) is 21.5 Å². The fourth-order valence-electron chi connectivity index (χ4n) is 5.33. The standard InChI is InChI=1S/C26H30ClFN4O4S/c1-31(26(9-10-26)16-3-2-4-16)20(14-29-25(35)21-7-8-22(27)37-21)24(34)30-19-6-5-17(13-18(19)28)32-11-12-36-15-23(32)33/h5-8,13,16,20H,2-4,9-12,14-15H2,1H3,(H,29,35)(H,30,34)/t20-/m0/s1. The van der Waals surface area contributed by atoms with Gasteiger partial charge in [0.25, 0.3) is 11.8 Å². The number of likely N-dealkylation sites (N-methyl/N-ethyl adjacent to an activating group) is 1. The first-order valence-corrected chi connectivity index (χ1v) is 13.7. The maximum atomic E-state index is 15.1. The van der Waals surface area contributed by atoms with Crippen LogP contribution in [-0.4, -0.2) is 67.6 Å². The van der Waals surface area contributed by atoms with Crippen LogP contribution in [0, 0.1) is 11.7 Å². The highest BCUT2D eigenvalue weighted by Gasteiger charge is 2.56. The minimum Gasteiger partial charge on any atom is -0.370 e. The Morgan fingerprint density at radius 3 is 2.68 bits per heavy atom. The van der Waals surface area contributed by atoms with Crippen molar-refractivity contribution >= 4 is 52.0 Å². The zero-order valence-electron chi connectivity index (χ0n) is 20.6. The predicted molar refractivity (Wildman–Crippen MR) is 141 cm³/mol. The summed E-state index contributed by atoms with van der Waals surface area (Å²) in [5.41, 5.74) is 0.384. The number of carbonyl (C=O) groups is 3. The summed E-state index contributed by atoms with van der Waals surface area (Å²) in [6.07, 6.45) is 5.46. The third-order valence-corrected chi connectivity index (χ3v) is 9.09. The average Bonchev–Trinajstić information content (AvgIpc) is 3.51. The van der Waals surface area contributed by atoms with Crippen LogP contribution in [0.25, 0.3) is 0 Å². The lowest BCUT2D eigenvalue weighted by Gasteiger charge is -2.43. The molecule has 3 aliphatic rings. The SMILES string of the molecule is CN([C@@H](CNC(=O)c1ccc(Cl)s1)C(=O)Nc1ccc(N2CCOCC2=O)cc1F)C1(C2CCC2)CC1. The van der Waals surface area contributed by atoms with Crippen LogP contribution in [-0.2, 0) is 14.3 Å². The van der Waals surface area contributed by atoms with E-state index in [0.717, 1.165) is 25.7 Å². The molecule has 1 atom stereocenters. The topological polar surface area (TPSA) is 91.0 Å². The molecule has 0 spiro atoms. The molecule has 2 saturated carbocycles. The van der Waals surface area contributed by atoms with E-state index in [-0.39, 0.29) is 36.2 Å². The molecule has 3 fully saturated rings. The summed E-state index contributed by atoms with van der Waals surface area (Å²) in [7, 11) is 1.92. The summed E-state index contributed by atoms with van der Waals surface area (Å²) in [5, 5.41) is 5.59. The third-order valence-electron chi connectivity index (χ3n) is 7.86. The second kappa shape index (κ2) is 10.7. The number of hydrogen-bond donors (Lipinski definition) is 2. The predicted octanol–water partition coefficient (Wildman–Crippen LogP) is 3.91. The molecule has 2 aliphatic carbocycles. The molecule has 2 heterocycles. The maximum Gasteiger partial charge on any atom is 0.261 e. The molecule has 5 rings (SSSR count). The fraction of sp³-hybridized carbons (Fsp3) is 0.500. The van der Waals surface area contributed by atoms with Gasteiger partial charge in [0.2, 0.25) is 5.91 Å². The molecule has 1 aromatic heterocycles. The van der Waals surface area contributed by atoms with Crippen molar-refractivity contribution in [1.82, 2.24) is 10.2 Å². The van der Waals surface area contributed by atoms with Gasteiger partial charge in [0.1, 0.15) is 18.5 Å². The smallest absolute Gasteiger partial charge is 0.261 e. The third kappa shape index (κ3) is 5.38. The summed E-state index contributed by atoms with van der Waals surface area (Å²) in [4.78, 5) is 42.3. The number of halogens is 2. The van der Waals surface area contributed by atoms with Crippen molar-refractivity contribution in [3.63, 3.8) is 0 Å². The minimum atomic E-state index is -0.692. The Balaban J connectivity index is 1.32. The molecule has 11 heteroatoms. The number of carbonyl (C=O) groups excluding carboxylic acids is 3. The van der Waals surface area contributed by atoms with Crippen molar-refractivity contribution in [2.24, 2.45) is 5.92 Å². The van der Waals surface area contributed by atoms with E-state index < -0.39 is 17.8 Å². The Kier molecular flexibility index (Phi) is 7.53. The molecule has 37 heavy (non-hydrogen) atoms. The number of ether oxygens (including phenoxy) is 1.